The van der Waals surface area contributed by atoms with Gasteiger partial charge in [0.15, 0.2) is 5.16 Å². The van der Waals surface area contributed by atoms with Crippen molar-refractivity contribution >= 4 is 34.1 Å². The summed E-state index contributed by atoms with van der Waals surface area (Å²) in [5, 5.41) is 15.1. The van der Waals surface area contributed by atoms with Gasteiger partial charge in [0.05, 0.1) is 5.75 Å². The Kier molecular flexibility index (Phi) is 7.63. The number of hydrogen-bond acceptors (Lipinski definition) is 4. The predicted octanol–water partition coefficient (Wildman–Crippen LogP) is 5.96. The Labute approximate surface area is 194 Å². The zero-order valence-electron chi connectivity index (χ0n) is 18.9. The van der Waals surface area contributed by atoms with Crippen LogP contribution in [0, 0.1) is 0 Å². The second-order valence-electron chi connectivity index (χ2n) is 8.41. The SMILES string of the molecule is C=CCn1c(CCCCCCC)nnc1SCC(=O)Nc1ccc2c3c(cccc13)CC2. The van der Waals surface area contributed by atoms with Gasteiger partial charge in [-0.25, -0.2) is 0 Å². The van der Waals surface area contributed by atoms with E-state index in [1.807, 2.05) is 12.1 Å². The summed E-state index contributed by atoms with van der Waals surface area (Å²) in [5.74, 6) is 1.26. The number of carbonyl (C=O) groups excluding carboxylic acids is 1. The largest absolute Gasteiger partial charge is 0.325 e. The van der Waals surface area contributed by atoms with E-state index in [2.05, 4.69) is 57.8 Å². The zero-order chi connectivity index (χ0) is 22.3. The van der Waals surface area contributed by atoms with E-state index in [0.717, 1.165) is 47.7 Å². The maximum Gasteiger partial charge on any atom is 0.234 e. The first-order chi connectivity index (χ1) is 15.7. The summed E-state index contributed by atoms with van der Waals surface area (Å²) in [6.07, 6.45) is 11.1. The van der Waals surface area contributed by atoms with Crippen LogP contribution in [0.1, 0.15) is 56.0 Å². The molecule has 4 rings (SSSR count). The van der Waals surface area contributed by atoms with E-state index in [9.17, 15) is 4.79 Å². The fourth-order valence-electron chi connectivity index (χ4n) is 4.48. The Hall–Kier alpha value is -2.60. The third-order valence-electron chi connectivity index (χ3n) is 6.09. The van der Waals surface area contributed by atoms with Gasteiger partial charge in [-0.2, -0.15) is 0 Å². The third kappa shape index (κ3) is 5.07. The molecule has 0 unspecified atom stereocenters. The molecule has 5 nitrogen and oxygen atoms in total. The lowest BCUT2D eigenvalue weighted by molar-refractivity contribution is -0.113. The monoisotopic (exact) mass is 448 g/mol. The zero-order valence-corrected chi connectivity index (χ0v) is 19.7. The average molecular weight is 449 g/mol. The van der Waals surface area contributed by atoms with E-state index in [0.29, 0.717) is 12.3 Å². The molecule has 0 saturated heterocycles. The summed E-state index contributed by atoms with van der Waals surface area (Å²) >= 11 is 1.44. The van der Waals surface area contributed by atoms with Crippen molar-refractivity contribution in [3.8, 4) is 0 Å². The molecule has 1 aromatic heterocycles. The molecular weight excluding hydrogens is 416 g/mol. The van der Waals surface area contributed by atoms with Crippen molar-refractivity contribution < 1.29 is 4.79 Å². The number of aryl methyl sites for hydroxylation is 3. The van der Waals surface area contributed by atoms with Crippen LogP contribution in [0.25, 0.3) is 10.8 Å². The molecule has 1 aliphatic carbocycles. The van der Waals surface area contributed by atoms with Gasteiger partial charge in [-0.05, 0) is 41.8 Å². The molecule has 1 aliphatic rings. The standard InChI is InChI=1S/C26H32N4OS/c1-3-5-6-7-8-12-23-28-29-26(30(23)17-4-2)32-18-24(31)27-22-16-15-20-14-13-19-10-9-11-21(22)25(19)20/h4,9-11,15-16H,2-3,5-8,12-14,17-18H2,1H3,(H,27,31). The minimum absolute atomic E-state index is 0.0250. The van der Waals surface area contributed by atoms with E-state index >= 15 is 0 Å². The van der Waals surface area contributed by atoms with E-state index < -0.39 is 0 Å². The van der Waals surface area contributed by atoms with Crippen LogP contribution in [0.5, 0.6) is 0 Å². The third-order valence-corrected chi connectivity index (χ3v) is 7.06. The molecule has 1 N–H and O–H groups in total. The van der Waals surface area contributed by atoms with Crippen molar-refractivity contribution in [1.29, 1.82) is 0 Å². The predicted molar refractivity (Wildman–Crippen MR) is 133 cm³/mol. The van der Waals surface area contributed by atoms with Crippen LogP contribution in [-0.2, 0) is 30.6 Å². The van der Waals surface area contributed by atoms with Gasteiger partial charge in [-0.3, -0.25) is 4.79 Å². The molecule has 1 amide bonds. The van der Waals surface area contributed by atoms with Crippen LogP contribution in [0.2, 0.25) is 0 Å². The first-order valence-electron chi connectivity index (χ1n) is 11.7. The normalized spacial score (nSPS) is 12.4. The average Bonchev–Trinajstić information content (AvgIpc) is 3.40. The van der Waals surface area contributed by atoms with Gasteiger partial charge in [0.1, 0.15) is 5.82 Å². The van der Waals surface area contributed by atoms with Crippen molar-refractivity contribution in [3.05, 3.63) is 59.9 Å². The summed E-state index contributed by atoms with van der Waals surface area (Å²) < 4.78 is 2.09. The van der Waals surface area contributed by atoms with E-state index in [4.69, 9.17) is 0 Å². The lowest BCUT2D eigenvalue weighted by Crippen LogP contribution is -2.15. The number of aromatic nitrogens is 3. The van der Waals surface area contributed by atoms with Crippen LogP contribution in [0.3, 0.4) is 0 Å². The first-order valence-corrected chi connectivity index (χ1v) is 12.7. The molecule has 0 fully saturated rings. The van der Waals surface area contributed by atoms with E-state index in [1.54, 1.807) is 0 Å². The first kappa shape index (κ1) is 22.6. The van der Waals surface area contributed by atoms with Gasteiger partial charge >= 0.3 is 0 Å². The minimum atomic E-state index is -0.0250. The molecule has 0 radical (unpaired) electrons. The molecule has 0 aliphatic heterocycles. The number of allylic oxidation sites excluding steroid dienone is 1. The molecule has 0 bridgehead atoms. The minimum Gasteiger partial charge on any atom is -0.325 e. The molecule has 2 aromatic carbocycles. The van der Waals surface area contributed by atoms with Gasteiger partial charge in [0.2, 0.25) is 5.91 Å². The summed E-state index contributed by atoms with van der Waals surface area (Å²) in [6.45, 7) is 6.76. The van der Waals surface area contributed by atoms with Gasteiger partial charge in [-0.15, -0.1) is 16.8 Å². The number of rotatable bonds is 12. The second kappa shape index (κ2) is 10.8. The van der Waals surface area contributed by atoms with Crippen LogP contribution >= 0.6 is 11.8 Å². The molecule has 0 saturated carbocycles. The Morgan fingerprint density at radius 2 is 1.94 bits per heavy atom. The topological polar surface area (TPSA) is 59.8 Å². The van der Waals surface area contributed by atoms with Gasteiger partial charge in [0, 0.05) is 24.0 Å². The number of benzene rings is 2. The van der Waals surface area contributed by atoms with Gasteiger partial charge in [-0.1, -0.05) is 74.7 Å². The van der Waals surface area contributed by atoms with Crippen molar-refractivity contribution in [3.63, 3.8) is 0 Å². The molecule has 6 heteroatoms. The van der Waals surface area contributed by atoms with Crippen molar-refractivity contribution in [2.24, 2.45) is 0 Å². The highest BCUT2D eigenvalue weighted by Crippen LogP contribution is 2.35. The number of nitrogens with one attached hydrogen (secondary N) is 1. The molecule has 168 valence electrons. The molecule has 0 atom stereocenters. The van der Waals surface area contributed by atoms with E-state index in [-0.39, 0.29) is 5.91 Å². The summed E-state index contributed by atoms with van der Waals surface area (Å²) in [7, 11) is 0. The molecule has 0 spiro atoms. The molecular formula is C26H32N4OS. The Morgan fingerprint density at radius 1 is 1.12 bits per heavy atom. The second-order valence-corrected chi connectivity index (χ2v) is 9.35. The van der Waals surface area contributed by atoms with E-state index in [1.165, 1.54) is 54.0 Å². The number of carbonyl (C=O) groups is 1. The number of nitrogens with zero attached hydrogens (tertiary/aromatic N) is 3. The maximum absolute atomic E-state index is 12.8. The highest BCUT2D eigenvalue weighted by molar-refractivity contribution is 7.99. The summed E-state index contributed by atoms with van der Waals surface area (Å²) in [4.78, 5) is 12.8. The smallest absolute Gasteiger partial charge is 0.234 e. The fourth-order valence-corrected chi connectivity index (χ4v) is 5.25. The number of anilines is 1. The van der Waals surface area contributed by atoms with Crippen molar-refractivity contribution in [2.45, 2.75) is 70.0 Å². The fraction of sp³-hybridized carbons (Fsp3) is 0.423. The number of hydrogen-bond donors (Lipinski definition) is 1. The molecule has 32 heavy (non-hydrogen) atoms. The lowest BCUT2D eigenvalue weighted by Gasteiger charge is -2.11. The number of unbranched alkanes of at least 4 members (excludes halogenated alkanes) is 4. The maximum atomic E-state index is 12.8. The molecule has 3 aromatic rings. The van der Waals surface area contributed by atoms with Crippen molar-refractivity contribution in [1.82, 2.24) is 14.8 Å². The van der Waals surface area contributed by atoms with Gasteiger partial charge < -0.3 is 9.88 Å². The Bertz CT molecular complexity index is 1090. The Morgan fingerprint density at radius 3 is 2.75 bits per heavy atom. The quantitative estimate of drug-likeness (QED) is 0.211. The van der Waals surface area contributed by atoms with Gasteiger partial charge in [0.25, 0.3) is 0 Å². The summed E-state index contributed by atoms with van der Waals surface area (Å²) in [5.41, 5.74) is 3.64. The highest BCUT2D eigenvalue weighted by Gasteiger charge is 2.17. The highest BCUT2D eigenvalue weighted by atomic mass is 32.2. The molecule has 1 heterocycles. The Balaban J connectivity index is 1.38. The number of thioether (sulfide) groups is 1. The van der Waals surface area contributed by atoms with Crippen LogP contribution in [0.15, 0.2) is 48.1 Å². The lowest BCUT2D eigenvalue weighted by atomic mass is 10.0. The van der Waals surface area contributed by atoms with Crippen LogP contribution in [0.4, 0.5) is 5.69 Å². The van der Waals surface area contributed by atoms with Crippen LogP contribution < -0.4 is 5.32 Å². The van der Waals surface area contributed by atoms with Crippen LogP contribution in [-0.4, -0.2) is 26.4 Å². The number of amides is 1. The van der Waals surface area contributed by atoms with Crippen molar-refractivity contribution in [2.75, 3.05) is 11.1 Å². The summed E-state index contributed by atoms with van der Waals surface area (Å²) in [6, 6.07) is 10.6.